The third kappa shape index (κ3) is 3.18. The van der Waals surface area contributed by atoms with Gasteiger partial charge in [0.05, 0.1) is 6.10 Å². The number of aliphatic hydroxyl groups excluding tert-OH is 1. The van der Waals surface area contributed by atoms with Gasteiger partial charge >= 0.3 is 0 Å². The molecule has 0 aromatic heterocycles. The molecule has 0 heterocycles. The molecule has 0 saturated carbocycles. The molecule has 90 valence electrons. The Balaban J connectivity index is 2.65. The van der Waals surface area contributed by atoms with Crippen LogP contribution in [0, 0.1) is 5.82 Å². The molecule has 4 heteroatoms. The van der Waals surface area contributed by atoms with Crippen molar-refractivity contribution in [2.45, 2.75) is 39.0 Å². The fourth-order valence-electron chi connectivity index (χ4n) is 1.14. The maximum Gasteiger partial charge on any atom is 0.165 e. The highest BCUT2D eigenvalue weighted by atomic mass is 19.1. The first-order valence-corrected chi connectivity index (χ1v) is 5.23. The highest BCUT2D eigenvalue weighted by molar-refractivity contribution is 5.28. The summed E-state index contributed by atoms with van der Waals surface area (Å²) in [5.74, 6) is -0.979. The predicted molar refractivity (Wildman–Crippen MR) is 60.7 cm³/mol. The standard InChI is InChI=1S/C12H18FNO2/c1-8(15)12(2,3)14-7-9-4-5-11(16)10(13)6-9/h4-6,8,14-16H,7H2,1-3H3. The molecular formula is C12H18FNO2. The van der Waals surface area contributed by atoms with Crippen LogP contribution in [0.1, 0.15) is 26.3 Å². The van der Waals surface area contributed by atoms with E-state index in [-0.39, 0.29) is 5.75 Å². The Kier molecular flexibility index (Phi) is 3.88. The Bertz CT molecular complexity index is 364. The highest BCUT2D eigenvalue weighted by Gasteiger charge is 2.22. The first kappa shape index (κ1) is 12.9. The lowest BCUT2D eigenvalue weighted by Crippen LogP contribution is -2.47. The summed E-state index contributed by atoms with van der Waals surface area (Å²) in [6.07, 6.45) is -0.505. The SMILES string of the molecule is CC(O)C(C)(C)NCc1ccc(O)c(F)c1. The van der Waals surface area contributed by atoms with Crippen LogP contribution < -0.4 is 5.32 Å². The van der Waals surface area contributed by atoms with Gasteiger partial charge in [0.2, 0.25) is 0 Å². The second-order valence-electron chi connectivity index (χ2n) is 4.54. The Labute approximate surface area is 94.9 Å². The Hall–Kier alpha value is -1.13. The van der Waals surface area contributed by atoms with E-state index in [4.69, 9.17) is 5.11 Å². The molecule has 0 spiro atoms. The molecule has 0 radical (unpaired) electrons. The van der Waals surface area contributed by atoms with Crippen molar-refractivity contribution in [3.05, 3.63) is 29.6 Å². The van der Waals surface area contributed by atoms with Crippen molar-refractivity contribution in [3.8, 4) is 5.75 Å². The second kappa shape index (κ2) is 4.80. The van der Waals surface area contributed by atoms with Crippen LogP contribution in [0.15, 0.2) is 18.2 Å². The molecule has 1 atom stereocenters. The van der Waals surface area contributed by atoms with E-state index in [2.05, 4.69) is 5.32 Å². The molecule has 0 aliphatic carbocycles. The van der Waals surface area contributed by atoms with E-state index in [0.717, 1.165) is 5.56 Å². The van der Waals surface area contributed by atoms with Gasteiger partial charge in [-0.25, -0.2) is 4.39 Å². The van der Waals surface area contributed by atoms with Crippen LogP contribution in [0.5, 0.6) is 5.75 Å². The molecule has 1 unspecified atom stereocenters. The maximum absolute atomic E-state index is 13.0. The topological polar surface area (TPSA) is 52.5 Å². The minimum atomic E-state index is -0.630. The lowest BCUT2D eigenvalue weighted by atomic mass is 9.98. The van der Waals surface area contributed by atoms with Crippen LogP contribution in [0.4, 0.5) is 4.39 Å². The molecule has 1 rings (SSSR count). The summed E-state index contributed by atoms with van der Waals surface area (Å²) in [6.45, 7) is 5.88. The minimum absolute atomic E-state index is 0.349. The van der Waals surface area contributed by atoms with Gasteiger partial charge in [0, 0.05) is 12.1 Å². The van der Waals surface area contributed by atoms with Crippen LogP contribution in [-0.4, -0.2) is 21.9 Å². The van der Waals surface area contributed by atoms with Crippen LogP contribution in [0.2, 0.25) is 0 Å². The molecule has 0 fully saturated rings. The van der Waals surface area contributed by atoms with Crippen LogP contribution >= 0.6 is 0 Å². The Morgan fingerprint density at radius 3 is 2.56 bits per heavy atom. The van der Waals surface area contributed by atoms with Gasteiger partial charge in [0.15, 0.2) is 11.6 Å². The average molecular weight is 227 g/mol. The third-order valence-corrected chi connectivity index (χ3v) is 2.80. The molecule has 0 amide bonds. The largest absolute Gasteiger partial charge is 0.505 e. The van der Waals surface area contributed by atoms with Gasteiger partial charge in [0.1, 0.15) is 0 Å². The number of nitrogens with one attached hydrogen (secondary N) is 1. The molecule has 1 aromatic carbocycles. The molecule has 0 aliphatic heterocycles. The average Bonchev–Trinajstić information content (AvgIpc) is 2.20. The number of halogens is 1. The summed E-state index contributed by atoms with van der Waals surface area (Å²) >= 11 is 0. The number of hydrogen-bond acceptors (Lipinski definition) is 3. The van der Waals surface area contributed by atoms with Crippen molar-refractivity contribution >= 4 is 0 Å². The first-order chi connectivity index (χ1) is 7.33. The zero-order valence-electron chi connectivity index (χ0n) is 9.79. The van der Waals surface area contributed by atoms with Crippen LogP contribution in [-0.2, 0) is 6.54 Å². The van der Waals surface area contributed by atoms with E-state index in [9.17, 15) is 9.50 Å². The fourth-order valence-corrected chi connectivity index (χ4v) is 1.14. The number of benzene rings is 1. The highest BCUT2D eigenvalue weighted by Crippen LogP contribution is 2.17. The fraction of sp³-hybridized carbons (Fsp3) is 0.500. The zero-order valence-corrected chi connectivity index (χ0v) is 9.79. The van der Waals surface area contributed by atoms with Crippen molar-refractivity contribution in [2.75, 3.05) is 0 Å². The van der Waals surface area contributed by atoms with Gasteiger partial charge in [-0.1, -0.05) is 6.07 Å². The van der Waals surface area contributed by atoms with Crippen molar-refractivity contribution in [3.63, 3.8) is 0 Å². The van der Waals surface area contributed by atoms with Crippen molar-refractivity contribution in [2.24, 2.45) is 0 Å². The molecule has 3 N–H and O–H groups in total. The van der Waals surface area contributed by atoms with Gasteiger partial charge in [-0.2, -0.15) is 0 Å². The summed E-state index contributed by atoms with van der Waals surface area (Å²) in [4.78, 5) is 0. The van der Waals surface area contributed by atoms with Gasteiger partial charge in [-0.15, -0.1) is 0 Å². The van der Waals surface area contributed by atoms with Crippen LogP contribution in [0.3, 0.4) is 0 Å². The van der Waals surface area contributed by atoms with Gasteiger partial charge in [0.25, 0.3) is 0 Å². The van der Waals surface area contributed by atoms with Gasteiger partial charge < -0.3 is 15.5 Å². The molecule has 1 aromatic rings. The number of aromatic hydroxyl groups is 1. The van der Waals surface area contributed by atoms with E-state index in [0.29, 0.717) is 6.54 Å². The van der Waals surface area contributed by atoms with Gasteiger partial charge in [-0.3, -0.25) is 0 Å². The number of aliphatic hydroxyl groups is 1. The predicted octanol–water partition coefficient (Wildman–Crippen LogP) is 1.78. The number of hydrogen-bond donors (Lipinski definition) is 3. The molecule has 0 saturated heterocycles. The molecular weight excluding hydrogens is 209 g/mol. The number of phenols is 1. The number of rotatable bonds is 4. The minimum Gasteiger partial charge on any atom is -0.505 e. The van der Waals surface area contributed by atoms with E-state index in [1.807, 2.05) is 13.8 Å². The number of phenolic OH excluding ortho intramolecular Hbond substituents is 1. The summed E-state index contributed by atoms with van der Waals surface area (Å²) in [5, 5.41) is 21.6. The quantitative estimate of drug-likeness (QED) is 0.735. The Morgan fingerprint density at radius 2 is 2.06 bits per heavy atom. The third-order valence-electron chi connectivity index (χ3n) is 2.80. The molecule has 0 aliphatic rings. The normalized spacial score (nSPS) is 13.8. The smallest absolute Gasteiger partial charge is 0.165 e. The molecule has 16 heavy (non-hydrogen) atoms. The molecule has 0 bridgehead atoms. The monoisotopic (exact) mass is 227 g/mol. The van der Waals surface area contributed by atoms with E-state index in [1.165, 1.54) is 12.1 Å². The molecule has 3 nitrogen and oxygen atoms in total. The maximum atomic E-state index is 13.0. The summed E-state index contributed by atoms with van der Waals surface area (Å²) < 4.78 is 13.0. The summed E-state index contributed by atoms with van der Waals surface area (Å²) in [6, 6.07) is 4.24. The first-order valence-electron chi connectivity index (χ1n) is 5.23. The van der Waals surface area contributed by atoms with Crippen molar-refractivity contribution in [1.29, 1.82) is 0 Å². The van der Waals surface area contributed by atoms with E-state index in [1.54, 1.807) is 13.0 Å². The van der Waals surface area contributed by atoms with Gasteiger partial charge in [-0.05, 0) is 38.5 Å². The summed E-state index contributed by atoms with van der Waals surface area (Å²) in [5.41, 5.74) is 0.290. The van der Waals surface area contributed by atoms with E-state index >= 15 is 0 Å². The zero-order chi connectivity index (χ0) is 12.3. The van der Waals surface area contributed by atoms with Crippen molar-refractivity contribution in [1.82, 2.24) is 5.32 Å². The van der Waals surface area contributed by atoms with E-state index < -0.39 is 17.5 Å². The second-order valence-corrected chi connectivity index (χ2v) is 4.54. The Morgan fingerprint density at radius 1 is 1.44 bits per heavy atom. The lowest BCUT2D eigenvalue weighted by molar-refractivity contribution is 0.0956. The summed E-state index contributed by atoms with van der Waals surface area (Å²) in [7, 11) is 0. The van der Waals surface area contributed by atoms with Crippen LogP contribution in [0.25, 0.3) is 0 Å². The lowest BCUT2D eigenvalue weighted by Gasteiger charge is -2.29. The van der Waals surface area contributed by atoms with Crippen molar-refractivity contribution < 1.29 is 14.6 Å².